The van der Waals surface area contributed by atoms with Crippen molar-refractivity contribution >= 4 is 16.0 Å². The first-order chi connectivity index (χ1) is 9.40. The van der Waals surface area contributed by atoms with Crippen molar-refractivity contribution in [3.63, 3.8) is 0 Å². The Bertz CT molecular complexity index is 623. The van der Waals surface area contributed by atoms with Crippen LogP contribution in [0.5, 0.6) is 0 Å². The van der Waals surface area contributed by atoms with E-state index in [2.05, 4.69) is 21.3 Å². The lowest BCUT2D eigenvalue weighted by atomic mass is 10.2. The Kier molecular flexibility index (Phi) is 5.74. The van der Waals surface area contributed by atoms with Gasteiger partial charge in [0.2, 0.25) is 10.0 Å². The largest absolute Gasteiger partial charge is 0.468 e. The van der Waals surface area contributed by atoms with E-state index in [1.807, 2.05) is 6.92 Å². The summed E-state index contributed by atoms with van der Waals surface area (Å²) in [5, 5.41) is 0. The third kappa shape index (κ3) is 4.37. The Morgan fingerprint density at radius 3 is 2.45 bits per heavy atom. The van der Waals surface area contributed by atoms with Crippen LogP contribution in [0.2, 0.25) is 0 Å². The lowest BCUT2D eigenvalue weighted by Gasteiger charge is -2.14. The summed E-state index contributed by atoms with van der Waals surface area (Å²) in [6, 6.07) is 5.33. The Morgan fingerprint density at radius 1 is 1.35 bits per heavy atom. The smallest absolute Gasteiger partial charge is 0.324 e. The predicted octanol–water partition coefficient (Wildman–Crippen LogP) is 1.23. The highest BCUT2D eigenvalue weighted by atomic mass is 32.2. The molecule has 0 radical (unpaired) electrons. The van der Waals surface area contributed by atoms with Gasteiger partial charge in [-0.1, -0.05) is 17.7 Å². The van der Waals surface area contributed by atoms with Gasteiger partial charge in [-0.15, -0.1) is 11.8 Å². The number of benzene rings is 1. The van der Waals surface area contributed by atoms with Gasteiger partial charge in [-0.25, -0.2) is 8.42 Å². The van der Waals surface area contributed by atoms with E-state index in [9.17, 15) is 13.2 Å². The summed E-state index contributed by atoms with van der Waals surface area (Å²) in [6.07, 6.45) is 0.0638. The van der Waals surface area contributed by atoms with Crippen molar-refractivity contribution in [2.45, 2.75) is 31.2 Å². The fourth-order valence-electron chi connectivity index (χ4n) is 1.49. The quantitative estimate of drug-likeness (QED) is 0.655. The Labute approximate surface area is 119 Å². The number of carbonyl (C=O) groups excluding carboxylic acids is 1. The number of rotatable bonds is 5. The van der Waals surface area contributed by atoms with Gasteiger partial charge in [0.05, 0.1) is 12.0 Å². The van der Waals surface area contributed by atoms with E-state index < -0.39 is 22.0 Å². The fourth-order valence-corrected chi connectivity index (χ4v) is 2.68. The molecule has 0 aromatic heterocycles. The molecule has 1 unspecified atom stereocenters. The maximum Gasteiger partial charge on any atom is 0.324 e. The van der Waals surface area contributed by atoms with E-state index >= 15 is 0 Å². The SMILES string of the molecule is CC#CCC(NS(=O)(=O)c1ccc(C)cc1)C(=O)OC. The normalized spacial score (nSPS) is 12.2. The molecule has 0 aliphatic heterocycles. The third-order valence-electron chi connectivity index (χ3n) is 2.60. The molecule has 0 fully saturated rings. The number of nitrogens with one attached hydrogen (secondary N) is 1. The summed E-state index contributed by atoms with van der Waals surface area (Å²) in [5.74, 6) is 4.62. The fraction of sp³-hybridized carbons (Fsp3) is 0.357. The Hall–Kier alpha value is -1.84. The molecule has 5 nitrogen and oxygen atoms in total. The van der Waals surface area contributed by atoms with Crippen molar-refractivity contribution in [1.29, 1.82) is 0 Å². The molecule has 0 spiro atoms. The van der Waals surface area contributed by atoms with Crippen LogP contribution < -0.4 is 4.72 Å². The standard InChI is InChI=1S/C14H17NO4S/c1-4-5-6-13(14(16)19-3)15-20(17,18)12-9-7-11(2)8-10-12/h7-10,13,15H,6H2,1-3H3. The van der Waals surface area contributed by atoms with Gasteiger partial charge < -0.3 is 4.74 Å². The minimum atomic E-state index is -3.78. The maximum atomic E-state index is 12.2. The highest BCUT2D eigenvalue weighted by Crippen LogP contribution is 2.11. The molecule has 1 N–H and O–H groups in total. The van der Waals surface area contributed by atoms with Gasteiger partial charge in [-0.2, -0.15) is 4.72 Å². The zero-order valence-electron chi connectivity index (χ0n) is 11.6. The van der Waals surface area contributed by atoms with E-state index in [1.54, 1.807) is 19.1 Å². The molecule has 20 heavy (non-hydrogen) atoms. The molecule has 1 rings (SSSR count). The maximum absolute atomic E-state index is 12.2. The van der Waals surface area contributed by atoms with Crippen LogP contribution in [0.4, 0.5) is 0 Å². The summed E-state index contributed by atoms with van der Waals surface area (Å²) in [6.45, 7) is 3.47. The molecule has 0 bridgehead atoms. The van der Waals surface area contributed by atoms with Crippen LogP contribution in [0.1, 0.15) is 18.9 Å². The first kappa shape index (κ1) is 16.2. The van der Waals surface area contributed by atoms with Crippen LogP contribution in [-0.4, -0.2) is 27.5 Å². The van der Waals surface area contributed by atoms with E-state index in [4.69, 9.17) is 0 Å². The number of aryl methyl sites for hydroxylation is 1. The number of methoxy groups -OCH3 is 1. The van der Waals surface area contributed by atoms with Crippen molar-refractivity contribution in [2.75, 3.05) is 7.11 Å². The van der Waals surface area contributed by atoms with Crippen molar-refractivity contribution in [3.05, 3.63) is 29.8 Å². The second-order valence-electron chi connectivity index (χ2n) is 4.14. The second-order valence-corrected chi connectivity index (χ2v) is 5.85. The summed E-state index contributed by atoms with van der Waals surface area (Å²) < 4.78 is 31.2. The molecule has 1 aromatic rings. The van der Waals surface area contributed by atoms with Crippen molar-refractivity contribution < 1.29 is 17.9 Å². The minimum Gasteiger partial charge on any atom is -0.468 e. The van der Waals surface area contributed by atoms with E-state index in [1.165, 1.54) is 19.2 Å². The summed E-state index contributed by atoms with van der Waals surface area (Å²) in [5.41, 5.74) is 0.949. The molecule has 0 saturated carbocycles. The van der Waals surface area contributed by atoms with Gasteiger partial charge >= 0.3 is 5.97 Å². The van der Waals surface area contributed by atoms with Crippen LogP contribution in [0.15, 0.2) is 29.2 Å². The van der Waals surface area contributed by atoms with E-state index in [0.29, 0.717) is 0 Å². The average molecular weight is 295 g/mol. The number of hydrogen-bond acceptors (Lipinski definition) is 4. The minimum absolute atomic E-state index is 0.0638. The number of ether oxygens (including phenoxy) is 1. The molecule has 0 saturated heterocycles. The number of esters is 1. The molecule has 1 aromatic carbocycles. The summed E-state index contributed by atoms with van der Waals surface area (Å²) >= 11 is 0. The molecule has 6 heteroatoms. The summed E-state index contributed by atoms with van der Waals surface area (Å²) in [7, 11) is -2.58. The zero-order chi connectivity index (χ0) is 15.2. The average Bonchev–Trinajstić information content (AvgIpc) is 2.43. The highest BCUT2D eigenvalue weighted by Gasteiger charge is 2.25. The molecule has 0 aliphatic carbocycles. The lowest BCUT2D eigenvalue weighted by molar-refractivity contribution is -0.142. The molecule has 0 aliphatic rings. The van der Waals surface area contributed by atoms with Gasteiger partial charge in [0.1, 0.15) is 6.04 Å². The first-order valence-corrected chi connectivity index (χ1v) is 7.45. The highest BCUT2D eigenvalue weighted by molar-refractivity contribution is 7.89. The van der Waals surface area contributed by atoms with Crippen molar-refractivity contribution in [3.8, 4) is 11.8 Å². The number of sulfonamides is 1. The van der Waals surface area contributed by atoms with Crippen LogP contribution in [0, 0.1) is 18.8 Å². The summed E-state index contributed by atoms with van der Waals surface area (Å²) in [4.78, 5) is 11.7. The lowest BCUT2D eigenvalue weighted by Crippen LogP contribution is -2.41. The molecule has 108 valence electrons. The van der Waals surface area contributed by atoms with Gasteiger partial charge in [0.15, 0.2) is 0 Å². The topological polar surface area (TPSA) is 72.5 Å². The van der Waals surface area contributed by atoms with Crippen LogP contribution in [0.3, 0.4) is 0 Å². The van der Waals surface area contributed by atoms with Gasteiger partial charge in [-0.3, -0.25) is 4.79 Å². The van der Waals surface area contributed by atoms with Crippen LogP contribution in [-0.2, 0) is 19.6 Å². The number of hydrogen-bond donors (Lipinski definition) is 1. The van der Waals surface area contributed by atoms with Gasteiger partial charge in [-0.05, 0) is 26.0 Å². The van der Waals surface area contributed by atoms with Crippen molar-refractivity contribution in [2.24, 2.45) is 0 Å². The monoisotopic (exact) mass is 295 g/mol. The number of carbonyl (C=O) groups is 1. The molecule has 0 amide bonds. The molecular formula is C14H17NO4S. The molecule has 0 heterocycles. The predicted molar refractivity (Wildman–Crippen MR) is 75.4 cm³/mol. The van der Waals surface area contributed by atoms with E-state index in [-0.39, 0.29) is 11.3 Å². The second kappa shape index (κ2) is 7.08. The van der Waals surface area contributed by atoms with Gasteiger partial charge in [0.25, 0.3) is 0 Å². The first-order valence-electron chi connectivity index (χ1n) is 5.97. The van der Waals surface area contributed by atoms with Crippen molar-refractivity contribution in [1.82, 2.24) is 4.72 Å². The molecule has 1 atom stereocenters. The molecular weight excluding hydrogens is 278 g/mol. The Morgan fingerprint density at radius 2 is 1.95 bits per heavy atom. The van der Waals surface area contributed by atoms with E-state index in [0.717, 1.165) is 5.56 Å². The van der Waals surface area contributed by atoms with Gasteiger partial charge in [0, 0.05) is 6.42 Å². The Balaban J connectivity index is 2.98. The zero-order valence-corrected chi connectivity index (χ0v) is 12.5. The van der Waals surface area contributed by atoms with Crippen LogP contribution in [0.25, 0.3) is 0 Å². The third-order valence-corrected chi connectivity index (χ3v) is 4.08. The van der Waals surface area contributed by atoms with Crippen LogP contribution >= 0.6 is 0 Å².